The molecule has 0 aliphatic rings. The van der Waals surface area contributed by atoms with E-state index in [0.29, 0.717) is 33.9 Å². The summed E-state index contributed by atoms with van der Waals surface area (Å²) < 4.78 is 0. The van der Waals surface area contributed by atoms with Crippen LogP contribution in [0.25, 0.3) is 10.9 Å². The van der Waals surface area contributed by atoms with Gasteiger partial charge in [-0.3, -0.25) is 24.0 Å². The van der Waals surface area contributed by atoms with E-state index >= 15 is 0 Å². The molecule has 14 heteroatoms. The van der Waals surface area contributed by atoms with Crippen LogP contribution in [0.4, 0.5) is 5.69 Å². The molecule has 3 aromatic rings. The zero-order valence-electron chi connectivity index (χ0n) is 23.9. The molecule has 0 saturated carbocycles. The van der Waals surface area contributed by atoms with Crippen molar-refractivity contribution >= 4 is 46.2 Å². The molecule has 0 aliphatic heterocycles. The number of H-pyrrole nitrogens is 1. The van der Waals surface area contributed by atoms with E-state index in [1.807, 2.05) is 11.0 Å². The number of amides is 1. The molecule has 0 unspecified atom stereocenters. The van der Waals surface area contributed by atoms with E-state index < -0.39 is 66.9 Å². The molecule has 0 radical (unpaired) electrons. The van der Waals surface area contributed by atoms with Crippen LogP contribution in [0, 0.1) is 6.92 Å². The minimum absolute atomic E-state index is 0.0364. The zero-order chi connectivity index (χ0) is 32.1. The van der Waals surface area contributed by atoms with Gasteiger partial charge in [-0.05, 0) is 61.7 Å². The van der Waals surface area contributed by atoms with E-state index in [1.165, 1.54) is 12.1 Å². The van der Waals surface area contributed by atoms with E-state index in [-0.39, 0.29) is 11.1 Å². The molecule has 1 amide bonds. The van der Waals surface area contributed by atoms with Crippen LogP contribution < -0.4 is 16.2 Å². The van der Waals surface area contributed by atoms with Gasteiger partial charge in [-0.1, -0.05) is 6.07 Å². The second kappa shape index (κ2) is 13.2. The lowest BCUT2D eigenvalue weighted by Crippen LogP contribution is -2.61. The standard InChI is InChI=1S/C29H33N5O9/c1-16-31-22-10-4-17(14-20(22)25(38)32-16)15-33(2)19-7-5-18(6-8-19)26(39)34(3)29(28(42)43,13-12-24(36)37)23(35)11-9-21(30)27(40)41/h4-8,10,14,21H,9,11-13,15,30H2,1-3H3,(H,36,37)(H,40,41)(H,42,43)(H,31,32,38)/t21-,29+/m0/s1. The van der Waals surface area contributed by atoms with Crippen LogP contribution in [0.15, 0.2) is 47.3 Å². The number of aromatic amines is 1. The molecule has 0 spiro atoms. The topological polar surface area (TPSA) is 224 Å². The Labute approximate surface area is 245 Å². The fraction of sp³-hybridized carbons (Fsp3) is 0.345. The summed E-state index contributed by atoms with van der Waals surface area (Å²) in [5.74, 6) is -5.89. The van der Waals surface area contributed by atoms with Crippen LogP contribution >= 0.6 is 0 Å². The average Bonchev–Trinajstić information content (AvgIpc) is 2.95. The maximum absolute atomic E-state index is 13.4. The number of rotatable bonds is 14. The maximum Gasteiger partial charge on any atom is 0.337 e. The smallest absolute Gasteiger partial charge is 0.337 e. The average molecular weight is 596 g/mol. The highest BCUT2D eigenvalue weighted by atomic mass is 16.4. The Morgan fingerprint density at radius 1 is 1.00 bits per heavy atom. The van der Waals surface area contributed by atoms with Gasteiger partial charge in [0.15, 0.2) is 11.3 Å². The van der Waals surface area contributed by atoms with E-state index in [2.05, 4.69) is 9.97 Å². The number of aliphatic carboxylic acids is 3. The molecule has 43 heavy (non-hydrogen) atoms. The number of hydrogen-bond donors (Lipinski definition) is 5. The Kier molecular flexibility index (Phi) is 9.98. The van der Waals surface area contributed by atoms with E-state index in [1.54, 1.807) is 38.2 Å². The first-order valence-corrected chi connectivity index (χ1v) is 13.2. The summed E-state index contributed by atoms with van der Waals surface area (Å²) >= 11 is 0. The van der Waals surface area contributed by atoms with Crippen molar-refractivity contribution in [3.63, 3.8) is 0 Å². The molecule has 2 aromatic carbocycles. The van der Waals surface area contributed by atoms with Gasteiger partial charge in [0.25, 0.3) is 11.5 Å². The van der Waals surface area contributed by atoms with Crippen molar-refractivity contribution in [2.75, 3.05) is 19.0 Å². The van der Waals surface area contributed by atoms with Gasteiger partial charge in [0.05, 0.1) is 10.9 Å². The van der Waals surface area contributed by atoms with Crippen LogP contribution in [0.5, 0.6) is 0 Å². The van der Waals surface area contributed by atoms with Gasteiger partial charge in [0.2, 0.25) is 0 Å². The number of anilines is 1. The number of Topliss-reactive ketones (excluding diaryl/α,β-unsaturated/α-hetero) is 1. The first-order chi connectivity index (χ1) is 20.2. The molecule has 0 fully saturated rings. The third kappa shape index (κ3) is 7.22. The van der Waals surface area contributed by atoms with E-state index in [4.69, 9.17) is 10.8 Å². The summed E-state index contributed by atoms with van der Waals surface area (Å²) in [4.78, 5) is 83.4. The monoisotopic (exact) mass is 595 g/mol. The van der Waals surface area contributed by atoms with Crippen molar-refractivity contribution in [1.82, 2.24) is 14.9 Å². The Hall–Kier alpha value is -5.11. The highest BCUT2D eigenvalue weighted by Gasteiger charge is 2.51. The van der Waals surface area contributed by atoms with Gasteiger partial charge in [0, 0.05) is 44.7 Å². The van der Waals surface area contributed by atoms with Gasteiger partial charge >= 0.3 is 17.9 Å². The molecule has 1 aromatic heterocycles. The fourth-order valence-corrected chi connectivity index (χ4v) is 4.76. The van der Waals surface area contributed by atoms with Gasteiger partial charge in [-0.2, -0.15) is 0 Å². The Morgan fingerprint density at radius 2 is 1.65 bits per heavy atom. The first-order valence-electron chi connectivity index (χ1n) is 13.2. The number of nitrogens with two attached hydrogens (primary N) is 1. The highest BCUT2D eigenvalue weighted by molar-refractivity contribution is 6.12. The predicted molar refractivity (Wildman–Crippen MR) is 155 cm³/mol. The third-order valence-corrected chi connectivity index (χ3v) is 7.26. The number of carboxylic acid groups (broad SMARTS) is 3. The number of carboxylic acids is 3. The number of nitrogens with one attached hydrogen (secondary N) is 1. The summed E-state index contributed by atoms with van der Waals surface area (Å²) in [6.07, 6.45) is -2.47. The number of ketones is 1. The normalized spacial score (nSPS) is 13.1. The second-order valence-electron chi connectivity index (χ2n) is 10.2. The van der Waals surface area contributed by atoms with E-state index in [0.717, 1.165) is 12.6 Å². The number of aryl methyl sites for hydroxylation is 1. The Balaban J connectivity index is 1.84. The molecule has 2 atom stereocenters. The number of nitrogens with zero attached hydrogens (tertiary/aromatic N) is 3. The van der Waals surface area contributed by atoms with Crippen LogP contribution in [0.2, 0.25) is 0 Å². The Bertz CT molecular complexity index is 1620. The van der Waals surface area contributed by atoms with Crippen LogP contribution in [-0.2, 0) is 25.7 Å². The molecule has 0 saturated heterocycles. The number of fused-ring (bicyclic) bond motifs is 1. The lowest BCUT2D eigenvalue weighted by atomic mass is 9.83. The molecule has 6 N–H and O–H groups in total. The van der Waals surface area contributed by atoms with Crippen molar-refractivity contribution in [3.8, 4) is 0 Å². The van der Waals surface area contributed by atoms with Gasteiger partial charge in [-0.25, -0.2) is 9.78 Å². The highest BCUT2D eigenvalue weighted by Crippen LogP contribution is 2.28. The SMILES string of the molecule is Cc1nc2ccc(CN(C)c3ccc(C(=O)N(C)[C@@](CCC(=O)O)(C(=O)O)C(=O)CC[C@H](N)C(=O)O)cc3)cc2c(=O)[nH]1. The first kappa shape index (κ1) is 32.4. The number of carbonyl (C=O) groups excluding carboxylic acids is 2. The van der Waals surface area contributed by atoms with E-state index in [9.17, 15) is 39.0 Å². The van der Waals surface area contributed by atoms with Crippen molar-refractivity contribution in [1.29, 1.82) is 0 Å². The van der Waals surface area contributed by atoms with Crippen molar-refractivity contribution in [3.05, 3.63) is 69.8 Å². The molecule has 228 valence electrons. The van der Waals surface area contributed by atoms with Crippen molar-refractivity contribution < 1.29 is 39.3 Å². The van der Waals surface area contributed by atoms with Crippen LogP contribution in [0.3, 0.4) is 0 Å². The molecule has 0 bridgehead atoms. The van der Waals surface area contributed by atoms with Crippen LogP contribution in [-0.4, -0.2) is 85.5 Å². The lowest BCUT2D eigenvalue weighted by Gasteiger charge is -2.37. The minimum atomic E-state index is -2.56. The summed E-state index contributed by atoms with van der Waals surface area (Å²) in [6, 6.07) is 10.0. The summed E-state index contributed by atoms with van der Waals surface area (Å²) in [5, 5.41) is 28.8. The van der Waals surface area contributed by atoms with Gasteiger partial charge in [-0.15, -0.1) is 0 Å². The molecule has 1 heterocycles. The van der Waals surface area contributed by atoms with Crippen molar-refractivity contribution in [2.45, 2.75) is 50.7 Å². The predicted octanol–water partition coefficient (Wildman–Crippen LogP) is 1.39. The zero-order valence-corrected chi connectivity index (χ0v) is 23.9. The molecule has 3 rings (SSSR count). The summed E-state index contributed by atoms with van der Waals surface area (Å²) in [6.45, 7) is 2.10. The maximum atomic E-state index is 13.4. The molecule has 14 nitrogen and oxygen atoms in total. The number of carbonyl (C=O) groups is 5. The third-order valence-electron chi connectivity index (χ3n) is 7.26. The molecule has 0 aliphatic carbocycles. The number of likely N-dealkylation sites (N-methyl/N-ethyl adjacent to an activating group) is 1. The summed E-state index contributed by atoms with van der Waals surface area (Å²) in [5.41, 5.74) is 4.77. The lowest BCUT2D eigenvalue weighted by molar-refractivity contribution is -0.156. The Morgan fingerprint density at radius 3 is 2.23 bits per heavy atom. The number of hydrogen-bond acceptors (Lipinski definition) is 9. The molecular weight excluding hydrogens is 562 g/mol. The van der Waals surface area contributed by atoms with Gasteiger partial charge < -0.3 is 35.8 Å². The van der Waals surface area contributed by atoms with Crippen LogP contribution in [0.1, 0.15) is 47.4 Å². The quantitative estimate of drug-likeness (QED) is 0.167. The number of benzene rings is 2. The summed E-state index contributed by atoms with van der Waals surface area (Å²) in [7, 11) is 2.89. The minimum Gasteiger partial charge on any atom is -0.481 e. The largest absolute Gasteiger partial charge is 0.481 e. The van der Waals surface area contributed by atoms with Crippen molar-refractivity contribution in [2.24, 2.45) is 5.73 Å². The number of aromatic nitrogens is 2. The fourth-order valence-electron chi connectivity index (χ4n) is 4.76. The second-order valence-corrected chi connectivity index (χ2v) is 10.2. The molecular formula is C29H33N5O9. The van der Waals surface area contributed by atoms with Gasteiger partial charge in [0.1, 0.15) is 11.9 Å².